The molecule has 0 aliphatic rings. The molecular formula is C61H43Ir3N6O4S3-3. The van der Waals surface area contributed by atoms with Gasteiger partial charge < -0.3 is 25.2 Å². The molecule has 10 nitrogen and oxygen atoms in total. The fourth-order valence-electron chi connectivity index (χ4n) is 9.34. The Hall–Kier alpha value is -6.80. The van der Waals surface area contributed by atoms with Crippen LogP contribution >= 0.6 is 34.0 Å². The van der Waals surface area contributed by atoms with Crippen LogP contribution in [0.3, 0.4) is 0 Å². The summed E-state index contributed by atoms with van der Waals surface area (Å²) in [6.07, 6.45) is 7.90. The normalized spacial score (nSPS) is 11.4. The number of aliphatic hydroxyl groups is 2. The summed E-state index contributed by atoms with van der Waals surface area (Å²) in [6, 6.07) is 50.4. The number of pyridine rings is 3. The Kier molecular flexibility index (Phi) is 17.8. The Morgan fingerprint density at radius 2 is 0.662 bits per heavy atom. The molecule has 9 heterocycles. The van der Waals surface area contributed by atoms with Crippen LogP contribution in [0.2, 0.25) is 0 Å². The second-order valence-corrected chi connectivity index (χ2v) is 20.8. The molecular weight excluding hydrogens is 1550 g/mol. The summed E-state index contributed by atoms with van der Waals surface area (Å²) < 4.78 is 7.45. The molecule has 0 aliphatic carbocycles. The number of aromatic nitrogens is 6. The molecule has 0 amide bonds. The van der Waals surface area contributed by atoms with E-state index >= 15 is 0 Å². The molecule has 0 atom stereocenters. The zero-order valence-electron chi connectivity index (χ0n) is 41.4. The predicted molar refractivity (Wildman–Crippen MR) is 311 cm³/mol. The molecule has 3 radical (unpaired) electrons. The molecule has 6 aromatic carbocycles. The largest absolute Gasteiger partial charge is 0.656 e. The zero-order chi connectivity index (χ0) is 51.0. The topological polar surface area (TPSA) is 156 Å². The van der Waals surface area contributed by atoms with Crippen molar-refractivity contribution in [3.8, 4) is 0 Å². The van der Waals surface area contributed by atoms with Gasteiger partial charge in [-0.1, -0.05) is 91.0 Å². The quantitative estimate of drug-likeness (QED) is 0.126. The molecule has 15 rings (SSSR count). The van der Waals surface area contributed by atoms with Crippen molar-refractivity contribution in [2.75, 3.05) is 0 Å². The van der Waals surface area contributed by atoms with Crippen LogP contribution in [0.4, 0.5) is 0 Å². The van der Waals surface area contributed by atoms with E-state index in [1.165, 1.54) is 117 Å². The maximum atomic E-state index is 10.0. The van der Waals surface area contributed by atoms with Crippen LogP contribution in [0.15, 0.2) is 188 Å². The van der Waals surface area contributed by atoms with E-state index in [0.29, 0.717) is 0 Å². The Morgan fingerprint density at radius 1 is 0.377 bits per heavy atom. The zero-order valence-corrected chi connectivity index (χ0v) is 51.0. The van der Waals surface area contributed by atoms with Crippen molar-refractivity contribution in [2.45, 2.75) is 27.7 Å². The van der Waals surface area contributed by atoms with Crippen molar-refractivity contribution in [3.63, 3.8) is 0 Å². The summed E-state index contributed by atoms with van der Waals surface area (Å²) in [5.74, 6) is -0.125. The minimum Gasteiger partial charge on any atom is -0.656 e. The van der Waals surface area contributed by atoms with Crippen molar-refractivity contribution in [1.29, 1.82) is 0 Å². The van der Waals surface area contributed by atoms with E-state index in [1.807, 2.05) is 55.0 Å². The van der Waals surface area contributed by atoms with Crippen LogP contribution in [-0.4, -0.2) is 36.7 Å². The first-order valence-corrected chi connectivity index (χ1v) is 26.1. The van der Waals surface area contributed by atoms with Crippen LogP contribution < -0.4 is 15.0 Å². The molecule has 2 N–H and O–H groups in total. The molecule has 0 fully saturated rings. The number of nitrogens with zero attached hydrogens (tertiary/aromatic N) is 6. The Labute approximate surface area is 493 Å². The molecule has 0 saturated heterocycles. The molecule has 0 aliphatic heterocycles. The van der Waals surface area contributed by atoms with E-state index in [9.17, 15) is 9.59 Å². The number of carbonyl (C=O) groups excluding carboxylic acids is 2. The number of allylic oxidation sites excluding steroid dienone is 4. The number of fused-ring (bicyclic) bond motifs is 21. The Balaban J connectivity index is 0.000000134. The van der Waals surface area contributed by atoms with Gasteiger partial charge in [0.2, 0.25) is 0 Å². The number of para-hydroxylation sites is 3. The number of rotatable bonds is 2. The number of hydrogen-bond donors (Lipinski definition) is 2. The molecule has 77 heavy (non-hydrogen) atoms. The first-order chi connectivity index (χ1) is 36.0. The third-order valence-corrected chi connectivity index (χ3v) is 15.5. The van der Waals surface area contributed by atoms with Gasteiger partial charge in [0.1, 0.15) is 0 Å². The summed E-state index contributed by atoms with van der Waals surface area (Å²) >= 11 is 5.35. The van der Waals surface area contributed by atoms with Crippen LogP contribution in [0.25, 0.3) is 126 Å². The number of ketones is 2. The summed E-state index contributed by atoms with van der Waals surface area (Å²) in [6.45, 7) is 5.70. The molecule has 15 aromatic rings. The van der Waals surface area contributed by atoms with Gasteiger partial charge in [0, 0.05) is 121 Å². The molecule has 0 bridgehead atoms. The van der Waals surface area contributed by atoms with E-state index in [0.717, 1.165) is 49.7 Å². The fourth-order valence-corrected chi connectivity index (χ4v) is 12.5. The minimum atomic E-state index is -0.125. The number of aliphatic hydroxyl groups excluding tert-OH is 2. The van der Waals surface area contributed by atoms with E-state index in [-0.39, 0.29) is 83.4 Å². The van der Waals surface area contributed by atoms with Gasteiger partial charge in [0.15, 0.2) is 11.6 Å². The smallest absolute Gasteiger partial charge is 0.155 e. The SMILES string of the molecule is CC(=O)C=C(C)O.CC(=O)C=C(C)O.[Ir].[Ir].[Ir].c1ccc2c(c1)[n-]c1c2ccc2sc3cccnc3c21.c1ccc2c(c1)[n-]c1c2ccc2sc3cccnc3c21.c1ccc2c(c1)[n-]c1c2ccc2sc3cccnc3c21. The standard InChI is InChI=1S/3C17H9N2S.2C5H8O2.3Ir/c3*1-2-5-12-10(4-1)11-7-8-13-15(16(11)19-12)17-14(20-13)6-3-9-18-17;2*1-4(6)3-5(2)7;;;/h3*1-9H;2*3,6H,1-2H3;;;/q3*-1;;;;;. The van der Waals surface area contributed by atoms with Crippen LogP contribution in [0.5, 0.6) is 0 Å². The molecule has 0 spiro atoms. The van der Waals surface area contributed by atoms with E-state index in [1.54, 1.807) is 34.0 Å². The third-order valence-electron chi connectivity index (χ3n) is 12.2. The number of thiophene rings is 3. The van der Waals surface area contributed by atoms with Crippen molar-refractivity contribution in [2.24, 2.45) is 0 Å². The molecule has 16 heteroatoms. The van der Waals surface area contributed by atoms with Crippen LogP contribution in [-0.2, 0) is 69.9 Å². The maximum Gasteiger partial charge on any atom is 0.155 e. The number of benzene rings is 6. The van der Waals surface area contributed by atoms with Gasteiger partial charge in [0.05, 0.1) is 42.2 Å². The number of hydrogen-bond acceptors (Lipinski definition) is 10. The predicted octanol–water partition coefficient (Wildman–Crippen LogP) is 16.2. The molecule has 389 valence electrons. The average Bonchev–Trinajstić information content (AvgIpc) is 4.25. The van der Waals surface area contributed by atoms with E-state index in [2.05, 4.69) is 124 Å². The first-order valence-electron chi connectivity index (χ1n) is 23.6. The third kappa shape index (κ3) is 11.3. The average molecular weight is 1600 g/mol. The monoisotopic (exact) mass is 1600 g/mol. The van der Waals surface area contributed by atoms with Gasteiger partial charge >= 0.3 is 0 Å². The van der Waals surface area contributed by atoms with Crippen molar-refractivity contribution >= 4 is 172 Å². The van der Waals surface area contributed by atoms with Gasteiger partial charge in [-0.2, -0.15) is 0 Å². The molecule has 0 unspecified atom stereocenters. The molecule has 0 saturated carbocycles. The van der Waals surface area contributed by atoms with Crippen molar-refractivity contribution < 1.29 is 80.1 Å². The minimum absolute atomic E-state index is 0. The van der Waals surface area contributed by atoms with E-state index in [4.69, 9.17) is 25.2 Å². The Morgan fingerprint density at radius 3 is 0.922 bits per heavy atom. The Bertz CT molecular complexity index is 4260. The van der Waals surface area contributed by atoms with Crippen molar-refractivity contribution in [1.82, 2.24) is 29.9 Å². The van der Waals surface area contributed by atoms with Gasteiger partial charge in [-0.15, -0.1) is 67.1 Å². The van der Waals surface area contributed by atoms with Crippen molar-refractivity contribution in [3.05, 3.63) is 188 Å². The summed E-state index contributed by atoms with van der Waals surface area (Å²) in [4.78, 5) is 48.2. The fraction of sp³-hybridized carbons (Fsp3) is 0.0656. The van der Waals surface area contributed by atoms with Gasteiger partial charge in [-0.05, 0) is 115 Å². The van der Waals surface area contributed by atoms with Gasteiger partial charge in [-0.25, -0.2) is 0 Å². The summed E-state index contributed by atoms with van der Waals surface area (Å²) in [5, 5.41) is 27.6. The van der Waals surface area contributed by atoms with Crippen LogP contribution in [0.1, 0.15) is 27.7 Å². The summed E-state index contributed by atoms with van der Waals surface area (Å²) in [5.41, 5.74) is 9.62. The number of carbonyl (C=O) groups is 2. The second-order valence-electron chi connectivity index (χ2n) is 17.5. The van der Waals surface area contributed by atoms with E-state index < -0.39 is 0 Å². The van der Waals surface area contributed by atoms with Gasteiger partial charge in [0.25, 0.3) is 0 Å². The second kappa shape index (κ2) is 24.3. The van der Waals surface area contributed by atoms with Crippen LogP contribution in [0, 0.1) is 0 Å². The maximum absolute atomic E-state index is 10.0. The molecule has 9 aromatic heterocycles. The van der Waals surface area contributed by atoms with Gasteiger partial charge in [-0.3, -0.25) is 24.5 Å². The summed E-state index contributed by atoms with van der Waals surface area (Å²) in [7, 11) is 0. The first kappa shape index (κ1) is 56.4.